The van der Waals surface area contributed by atoms with Crippen molar-refractivity contribution in [2.45, 2.75) is 65.8 Å². The molecule has 176 valence electrons. The van der Waals surface area contributed by atoms with Gasteiger partial charge in [0.15, 0.2) is 5.54 Å². The highest BCUT2D eigenvalue weighted by Gasteiger charge is 2.45. The van der Waals surface area contributed by atoms with Crippen molar-refractivity contribution < 1.29 is 13.2 Å². The molecule has 0 saturated carbocycles. The van der Waals surface area contributed by atoms with E-state index in [4.69, 9.17) is 5.73 Å². The molecule has 2 heterocycles. The first-order valence-corrected chi connectivity index (χ1v) is 10.7. The van der Waals surface area contributed by atoms with E-state index in [-0.39, 0.29) is 17.8 Å². The first kappa shape index (κ1) is 27.2. The molecular weight excluding hydrogens is 413 g/mol. The van der Waals surface area contributed by atoms with E-state index < -0.39 is 17.8 Å². The Labute approximate surface area is 189 Å². The number of nitrogens with zero attached hydrogens (tertiary/aromatic N) is 2. The van der Waals surface area contributed by atoms with Crippen molar-refractivity contribution in [1.82, 2.24) is 4.98 Å². The smallest absolute Gasteiger partial charge is 0.267 e. The second-order valence-corrected chi connectivity index (χ2v) is 8.52. The van der Waals surface area contributed by atoms with Crippen LogP contribution in [-0.2, 0) is 5.54 Å². The molecule has 4 N–H and O–H groups in total. The molecule has 2 aromatic rings. The molecule has 0 aliphatic carbocycles. The van der Waals surface area contributed by atoms with Gasteiger partial charge in [0.05, 0.1) is 11.5 Å². The van der Waals surface area contributed by atoms with E-state index in [2.05, 4.69) is 43.1 Å². The summed E-state index contributed by atoms with van der Waals surface area (Å²) in [6, 6.07) is 6.15. The third kappa shape index (κ3) is 7.11. The van der Waals surface area contributed by atoms with Crippen molar-refractivity contribution >= 4 is 5.84 Å². The molecule has 1 aliphatic heterocycles. The summed E-state index contributed by atoms with van der Waals surface area (Å²) in [4.78, 5) is 8.38. The monoisotopic (exact) mass is 448 g/mol. The average molecular weight is 449 g/mol. The Morgan fingerprint density at radius 3 is 2.25 bits per heavy atom. The van der Waals surface area contributed by atoms with Crippen LogP contribution in [0.25, 0.3) is 11.3 Å². The van der Waals surface area contributed by atoms with E-state index in [0.717, 1.165) is 17.0 Å². The lowest BCUT2D eigenvalue weighted by molar-refractivity contribution is 0.0423. The number of halogens is 3. The second kappa shape index (κ2) is 12.3. The molecule has 0 radical (unpaired) electrons. The number of benzene rings is 1. The zero-order valence-corrected chi connectivity index (χ0v) is 19.6. The highest BCUT2D eigenvalue weighted by atomic mass is 19.3. The van der Waals surface area contributed by atoms with Gasteiger partial charge in [0.1, 0.15) is 5.82 Å². The van der Waals surface area contributed by atoms with Gasteiger partial charge >= 0.3 is 0 Å². The van der Waals surface area contributed by atoms with Crippen LogP contribution in [0.4, 0.5) is 13.2 Å². The number of hydrogen-bond acceptors (Lipinski definition) is 4. The lowest BCUT2D eigenvalue weighted by Crippen LogP contribution is -2.39. The van der Waals surface area contributed by atoms with Crippen molar-refractivity contribution in [1.29, 1.82) is 0 Å². The highest BCUT2D eigenvalue weighted by Crippen LogP contribution is 2.42. The zero-order valence-electron chi connectivity index (χ0n) is 19.6. The largest absolute Gasteiger partial charge is 0.405 e. The van der Waals surface area contributed by atoms with Gasteiger partial charge in [-0.3, -0.25) is 9.98 Å². The van der Waals surface area contributed by atoms with Crippen LogP contribution in [-0.4, -0.2) is 17.2 Å². The minimum atomic E-state index is -2.84. The van der Waals surface area contributed by atoms with Crippen LogP contribution in [0.1, 0.15) is 56.7 Å². The minimum absolute atomic E-state index is 0.0616. The standard InChI is InChI=1S/C19H20F3N3.C4H10.C2H5N/c1-11-8-12(2)17(24-10-11)13-5-6-15(20)14(9-13)19(18(21)22)7-3-4-16(23)25-19;1-4(2)3;1-2-3/h5-6,8-10,18H,3-4,7H2,1-2H3,(H2,23,25);4H,1-3H3;2H,1,3H2/t19-;;/m0../s1. The first-order chi connectivity index (χ1) is 15.0. The molecule has 0 fully saturated rings. The number of aryl methyl sites for hydroxylation is 2. The van der Waals surface area contributed by atoms with Gasteiger partial charge in [0.2, 0.25) is 0 Å². The van der Waals surface area contributed by atoms with E-state index in [9.17, 15) is 13.2 Å². The number of aliphatic imine (C=N–C) groups is 1. The van der Waals surface area contributed by atoms with E-state index in [1.54, 1.807) is 12.3 Å². The zero-order chi connectivity index (χ0) is 24.5. The Kier molecular flexibility index (Phi) is 10.4. The predicted molar refractivity (Wildman–Crippen MR) is 127 cm³/mol. The Balaban J connectivity index is 0.000000645. The predicted octanol–water partition coefficient (Wildman–Crippen LogP) is 6.26. The summed E-state index contributed by atoms with van der Waals surface area (Å²) < 4.78 is 42.4. The maximum Gasteiger partial charge on any atom is 0.267 e. The van der Waals surface area contributed by atoms with Gasteiger partial charge in [-0.15, -0.1) is 0 Å². The summed E-state index contributed by atoms with van der Waals surface area (Å²) in [5, 5.41) is 0. The number of pyridine rings is 1. The third-order valence-electron chi connectivity index (χ3n) is 4.62. The van der Waals surface area contributed by atoms with Crippen molar-refractivity contribution in [3.63, 3.8) is 0 Å². The van der Waals surface area contributed by atoms with E-state index in [0.29, 0.717) is 24.1 Å². The molecule has 1 aromatic carbocycles. The van der Waals surface area contributed by atoms with Gasteiger partial charge in [-0.2, -0.15) is 0 Å². The fourth-order valence-corrected chi connectivity index (χ4v) is 3.40. The number of nitrogens with two attached hydrogens (primary N) is 2. The molecule has 0 saturated heterocycles. The lowest BCUT2D eigenvalue weighted by Gasteiger charge is -2.33. The third-order valence-corrected chi connectivity index (χ3v) is 4.62. The molecule has 4 nitrogen and oxygen atoms in total. The van der Waals surface area contributed by atoms with Gasteiger partial charge < -0.3 is 11.5 Å². The molecule has 0 amide bonds. The molecular formula is C25H35F3N4. The maximum atomic E-state index is 14.5. The summed E-state index contributed by atoms with van der Waals surface area (Å²) in [5.41, 5.74) is 11.4. The van der Waals surface area contributed by atoms with E-state index in [1.807, 2.05) is 19.9 Å². The van der Waals surface area contributed by atoms with Crippen molar-refractivity contribution in [3.05, 3.63) is 65.7 Å². The number of hydrogen-bond donors (Lipinski definition) is 2. The summed E-state index contributed by atoms with van der Waals surface area (Å²) in [5.74, 6) is 0.272. The van der Waals surface area contributed by atoms with Crippen molar-refractivity contribution in [2.75, 3.05) is 0 Å². The molecule has 32 heavy (non-hydrogen) atoms. The van der Waals surface area contributed by atoms with Crippen LogP contribution in [0.3, 0.4) is 0 Å². The van der Waals surface area contributed by atoms with Gasteiger partial charge in [0.25, 0.3) is 6.43 Å². The fourth-order valence-electron chi connectivity index (χ4n) is 3.40. The average Bonchev–Trinajstić information content (AvgIpc) is 2.68. The summed E-state index contributed by atoms with van der Waals surface area (Å²) in [6.07, 6.45) is 1.07. The van der Waals surface area contributed by atoms with Gasteiger partial charge in [-0.1, -0.05) is 33.4 Å². The van der Waals surface area contributed by atoms with Crippen LogP contribution in [0, 0.1) is 25.6 Å². The molecule has 1 atom stereocenters. The summed E-state index contributed by atoms with van der Waals surface area (Å²) in [7, 11) is 0. The Bertz CT molecular complexity index is 923. The minimum Gasteiger partial charge on any atom is -0.405 e. The Morgan fingerprint density at radius 2 is 1.75 bits per heavy atom. The molecule has 0 bridgehead atoms. The number of rotatable bonds is 3. The van der Waals surface area contributed by atoms with Crippen LogP contribution < -0.4 is 11.5 Å². The molecule has 1 aromatic heterocycles. The normalized spacial score (nSPS) is 17.6. The first-order valence-electron chi connectivity index (χ1n) is 10.7. The number of alkyl halides is 2. The maximum absolute atomic E-state index is 14.5. The van der Waals surface area contributed by atoms with Gasteiger partial charge in [0, 0.05) is 23.7 Å². The molecule has 0 unspecified atom stereocenters. The molecule has 3 rings (SSSR count). The molecule has 0 spiro atoms. The Hall–Kier alpha value is -2.83. The Morgan fingerprint density at radius 1 is 1.16 bits per heavy atom. The van der Waals surface area contributed by atoms with Gasteiger partial charge in [-0.05, 0) is 68.1 Å². The van der Waals surface area contributed by atoms with E-state index >= 15 is 0 Å². The van der Waals surface area contributed by atoms with Crippen LogP contribution in [0.5, 0.6) is 0 Å². The molecule has 7 heteroatoms. The second-order valence-electron chi connectivity index (χ2n) is 8.52. The van der Waals surface area contributed by atoms with Gasteiger partial charge in [-0.25, -0.2) is 13.2 Å². The summed E-state index contributed by atoms with van der Waals surface area (Å²) in [6.45, 7) is 13.4. The van der Waals surface area contributed by atoms with Crippen LogP contribution in [0.15, 0.2) is 48.2 Å². The fraction of sp³-hybridized carbons (Fsp3) is 0.440. The van der Waals surface area contributed by atoms with E-state index in [1.165, 1.54) is 18.3 Å². The highest BCUT2D eigenvalue weighted by molar-refractivity contribution is 5.81. The number of amidine groups is 1. The van der Waals surface area contributed by atoms with Crippen molar-refractivity contribution in [2.24, 2.45) is 22.4 Å². The SMILES string of the molecule is C=CN.CC(C)C.Cc1cnc(-c2ccc(F)c([C@]3(C(F)F)CCCC(N)=N3)c2)c(C)c1. The molecule has 1 aliphatic rings. The van der Waals surface area contributed by atoms with Crippen LogP contribution in [0.2, 0.25) is 0 Å². The van der Waals surface area contributed by atoms with Crippen LogP contribution >= 0.6 is 0 Å². The topological polar surface area (TPSA) is 77.3 Å². The summed E-state index contributed by atoms with van der Waals surface area (Å²) >= 11 is 0. The number of aromatic nitrogens is 1. The van der Waals surface area contributed by atoms with Crippen molar-refractivity contribution in [3.8, 4) is 11.3 Å². The quantitative estimate of drug-likeness (QED) is 0.582. The lowest BCUT2D eigenvalue weighted by atomic mass is 9.82.